The average Bonchev–Trinajstić information content (AvgIpc) is 2.64. The Labute approximate surface area is 147 Å². The molecule has 25 heavy (non-hydrogen) atoms. The quantitative estimate of drug-likeness (QED) is 0.460. The molecule has 2 aromatic carbocycles. The highest BCUT2D eigenvalue weighted by Crippen LogP contribution is 2.16. The van der Waals surface area contributed by atoms with E-state index in [0.717, 1.165) is 17.1 Å². The second-order valence-electron chi connectivity index (χ2n) is 5.46. The van der Waals surface area contributed by atoms with E-state index in [1.54, 1.807) is 27.1 Å². The first-order chi connectivity index (χ1) is 12.1. The average molecular weight is 345 g/mol. The largest absolute Gasteiger partial charge is 0.497 e. The SMILES string of the molecule is CN=C(NCCOc1ccc(OC)cc1)NCc1ccc(F)c(C)c1. The summed E-state index contributed by atoms with van der Waals surface area (Å²) in [5.74, 6) is 2.06. The highest BCUT2D eigenvalue weighted by Gasteiger charge is 2.02. The van der Waals surface area contributed by atoms with Crippen molar-refractivity contribution in [1.29, 1.82) is 0 Å². The van der Waals surface area contributed by atoms with Gasteiger partial charge in [0.15, 0.2) is 5.96 Å². The van der Waals surface area contributed by atoms with E-state index in [0.29, 0.717) is 31.2 Å². The van der Waals surface area contributed by atoms with Crippen molar-refractivity contribution in [2.45, 2.75) is 13.5 Å². The lowest BCUT2D eigenvalue weighted by molar-refractivity contribution is 0.321. The molecule has 0 amide bonds. The van der Waals surface area contributed by atoms with Gasteiger partial charge in [-0.25, -0.2) is 4.39 Å². The van der Waals surface area contributed by atoms with Gasteiger partial charge in [-0.05, 0) is 48.4 Å². The van der Waals surface area contributed by atoms with Gasteiger partial charge in [0, 0.05) is 13.6 Å². The van der Waals surface area contributed by atoms with Crippen LogP contribution in [0.4, 0.5) is 4.39 Å². The fraction of sp³-hybridized carbons (Fsp3) is 0.316. The van der Waals surface area contributed by atoms with Gasteiger partial charge in [-0.1, -0.05) is 12.1 Å². The molecule has 0 fully saturated rings. The second-order valence-corrected chi connectivity index (χ2v) is 5.46. The van der Waals surface area contributed by atoms with Crippen molar-refractivity contribution in [2.75, 3.05) is 27.3 Å². The van der Waals surface area contributed by atoms with Crippen LogP contribution in [0.3, 0.4) is 0 Å². The van der Waals surface area contributed by atoms with Gasteiger partial charge in [0.25, 0.3) is 0 Å². The lowest BCUT2D eigenvalue weighted by atomic mass is 10.1. The number of guanidine groups is 1. The molecular formula is C19H24FN3O2. The molecule has 0 unspecified atom stereocenters. The molecule has 0 saturated heterocycles. The number of benzene rings is 2. The van der Waals surface area contributed by atoms with Crippen LogP contribution in [0, 0.1) is 12.7 Å². The van der Waals surface area contributed by atoms with E-state index < -0.39 is 0 Å². The number of nitrogens with zero attached hydrogens (tertiary/aromatic N) is 1. The Hall–Kier alpha value is -2.76. The molecule has 0 aliphatic carbocycles. The van der Waals surface area contributed by atoms with Crippen molar-refractivity contribution < 1.29 is 13.9 Å². The highest BCUT2D eigenvalue weighted by molar-refractivity contribution is 5.79. The van der Waals surface area contributed by atoms with E-state index in [9.17, 15) is 4.39 Å². The zero-order chi connectivity index (χ0) is 18.1. The van der Waals surface area contributed by atoms with Crippen LogP contribution in [-0.2, 0) is 6.54 Å². The van der Waals surface area contributed by atoms with Gasteiger partial charge in [0.05, 0.1) is 13.7 Å². The fourth-order valence-corrected chi connectivity index (χ4v) is 2.23. The van der Waals surface area contributed by atoms with Crippen molar-refractivity contribution in [3.8, 4) is 11.5 Å². The van der Waals surface area contributed by atoms with Crippen molar-refractivity contribution in [2.24, 2.45) is 4.99 Å². The predicted octanol–water partition coefficient (Wildman–Crippen LogP) is 2.89. The molecule has 0 atom stereocenters. The number of rotatable bonds is 7. The van der Waals surface area contributed by atoms with E-state index in [-0.39, 0.29) is 5.82 Å². The topological polar surface area (TPSA) is 54.9 Å². The Kier molecular flexibility index (Phi) is 7.07. The Bertz CT molecular complexity index is 702. The molecule has 134 valence electrons. The molecule has 0 spiro atoms. The summed E-state index contributed by atoms with van der Waals surface area (Å²) in [6.07, 6.45) is 0. The molecule has 5 nitrogen and oxygen atoms in total. The zero-order valence-electron chi connectivity index (χ0n) is 14.8. The van der Waals surface area contributed by atoms with Gasteiger partial charge >= 0.3 is 0 Å². The number of hydrogen-bond donors (Lipinski definition) is 2. The number of aliphatic imine (C=N–C) groups is 1. The third kappa shape index (κ3) is 5.99. The third-order valence-corrected chi connectivity index (χ3v) is 3.63. The number of hydrogen-bond acceptors (Lipinski definition) is 3. The first-order valence-electron chi connectivity index (χ1n) is 8.09. The van der Waals surface area contributed by atoms with Crippen LogP contribution in [0.25, 0.3) is 0 Å². The number of methoxy groups -OCH3 is 1. The van der Waals surface area contributed by atoms with Crippen LogP contribution in [0.5, 0.6) is 11.5 Å². The molecular weight excluding hydrogens is 321 g/mol. The maximum Gasteiger partial charge on any atom is 0.191 e. The zero-order valence-corrected chi connectivity index (χ0v) is 14.8. The molecule has 2 N–H and O–H groups in total. The van der Waals surface area contributed by atoms with Crippen molar-refractivity contribution in [3.63, 3.8) is 0 Å². The van der Waals surface area contributed by atoms with Crippen LogP contribution >= 0.6 is 0 Å². The van der Waals surface area contributed by atoms with Crippen molar-refractivity contribution in [3.05, 3.63) is 59.4 Å². The van der Waals surface area contributed by atoms with Crippen LogP contribution < -0.4 is 20.1 Å². The molecule has 2 rings (SSSR count). The van der Waals surface area contributed by atoms with Crippen LogP contribution in [0.1, 0.15) is 11.1 Å². The van der Waals surface area contributed by atoms with Gasteiger partial charge in [-0.2, -0.15) is 0 Å². The molecule has 0 heterocycles. The summed E-state index contributed by atoms with van der Waals surface area (Å²) in [7, 11) is 3.33. The number of ether oxygens (including phenoxy) is 2. The monoisotopic (exact) mass is 345 g/mol. The van der Waals surface area contributed by atoms with Crippen LogP contribution in [0.2, 0.25) is 0 Å². The Morgan fingerprint density at radius 2 is 1.80 bits per heavy atom. The fourth-order valence-electron chi connectivity index (χ4n) is 2.23. The summed E-state index contributed by atoms with van der Waals surface area (Å²) in [6, 6.07) is 12.5. The van der Waals surface area contributed by atoms with Gasteiger partial charge in [-0.3, -0.25) is 4.99 Å². The second kappa shape index (κ2) is 9.52. The van der Waals surface area contributed by atoms with E-state index in [4.69, 9.17) is 9.47 Å². The van der Waals surface area contributed by atoms with Gasteiger partial charge in [-0.15, -0.1) is 0 Å². The number of halogens is 1. The predicted molar refractivity (Wildman–Crippen MR) is 97.8 cm³/mol. The maximum atomic E-state index is 13.3. The lowest BCUT2D eigenvalue weighted by Gasteiger charge is -2.13. The summed E-state index contributed by atoms with van der Waals surface area (Å²) >= 11 is 0. The summed E-state index contributed by atoms with van der Waals surface area (Å²) in [6.45, 7) is 3.43. The molecule has 0 radical (unpaired) electrons. The first-order valence-corrected chi connectivity index (χ1v) is 8.09. The number of aryl methyl sites for hydroxylation is 1. The summed E-state index contributed by atoms with van der Waals surface area (Å²) in [4.78, 5) is 4.16. The minimum atomic E-state index is -0.193. The third-order valence-electron chi connectivity index (χ3n) is 3.63. The Morgan fingerprint density at radius 3 is 2.44 bits per heavy atom. The lowest BCUT2D eigenvalue weighted by Crippen LogP contribution is -2.38. The molecule has 6 heteroatoms. The van der Waals surface area contributed by atoms with Crippen LogP contribution in [-0.4, -0.2) is 33.3 Å². The van der Waals surface area contributed by atoms with E-state index in [1.165, 1.54) is 6.07 Å². The molecule has 2 aromatic rings. The van der Waals surface area contributed by atoms with Crippen molar-refractivity contribution >= 4 is 5.96 Å². The van der Waals surface area contributed by atoms with Gasteiger partial charge in [0.2, 0.25) is 0 Å². The van der Waals surface area contributed by atoms with Crippen LogP contribution in [0.15, 0.2) is 47.5 Å². The minimum absolute atomic E-state index is 0.193. The normalized spacial score (nSPS) is 11.1. The maximum absolute atomic E-state index is 13.3. The standard InChI is InChI=1S/C19H24FN3O2/c1-14-12-15(4-9-18(14)20)13-23-19(21-2)22-10-11-25-17-7-5-16(24-3)6-8-17/h4-9,12H,10-11,13H2,1-3H3,(H2,21,22,23). The molecule has 0 aromatic heterocycles. The molecule has 0 aliphatic heterocycles. The van der Waals surface area contributed by atoms with E-state index in [2.05, 4.69) is 15.6 Å². The Morgan fingerprint density at radius 1 is 1.08 bits per heavy atom. The van der Waals surface area contributed by atoms with E-state index in [1.807, 2.05) is 30.3 Å². The summed E-state index contributed by atoms with van der Waals surface area (Å²) in [5.41, 5.74) is 1.63. The first kappa shape index (κ1) is 18.6. The summed E-state index contributed by atoms with van der Waals surface area (Å²) < 4.78 is 24.0. The summed E-state index contributed by atoms with van der Waals surface area (Å²) in [5, 5.41) is 6.36. The minimum Gasteiger partial charge on any atom is -0.497 e. The molecule has 0 aliphatic rings. The Balaban J connectivity index is 1.71. The number of nitrogens with one attached hydrogen (secondary N) is 2. The smallest absolute Gasteiger partial charge is 0.191 e. The van der Waals surface area contributed by atoms with E-state index >= 15 is 0 Å². The van der Waals surface area contributed by atoms with Gasteiger partial charge < -0.3 is 20.1 Å². The highest BCUT2D eigenvalue weighted by atomic mass is 19.1. The van der Waals surface area contributed by atoms with Crippen molar-refractivity contribution in [1.82, 2.24) is 10.6 Å². The molecule has 0 bridgehead atoms. The molecule has 0 saturated carbocycles. The van der Waals surface area contributed by atoms with Gasteiger partial charge in [0.1, 0.15) is 23.9 Å².